The van der Waals surface area contributed by atoms with Gasteiger partial charge in [-0.05, 0) is 12.8 Å². The molecule has 1 aliphatic heterocycles. The standard InChI is InChI=1S/C28H45O17P/c1-9-11-13-38-46(35,39-14-12-10-2)45-28(27(34)36-8)15-22(40-18(4)30)24(42-20(6)32)26(44-28)25(43-21(7)33)23(41-19(5)31)16-37-17(3)29/h22-26H,9-16H2,1-8H3/t22-,23+,24+,25+,26+,28+/m0/s1. The maximum Gasteiger partial charge on any atom is 0.477 e. The molecule has 0 spiro atoms. The van der Waals surface area contributed by atoms with Crippen molar-refractivity contribution in [2.75, 3.05) is 26.9 Å². The lowest BCUT2D eigenvalue weighted by atomic mass is 9.90. The third-order valence-electron chi connectivity index (χ3n) is 6.12. The predicted molar refractivity (Wildman–Crippen MR) is 153 cm³/mol. The molecule has 1 rings (SSSR count). The van der Waals surface area contributed by atoms with Crippen LogP contribution in [0.1, 0.15) is 80.6 Å². The van der Waals surface area contributed by atoms with E-state index in [1.54, 1.807) is 0 Å². The van der Waals surface area contributed by atoms with E-state index in [1.165, 1.54) is 0 Å². The molecule has 0 aromatic carbocycles. The van der Waals surface area contributed by atoms with Gasteiger partial charge in [-0.1, -0.05) is 26.7 Å². The number of esters is 6. The van der Waals surface area contributed by atoms with Crippen molar-refractivity contribution in [1.82, 2.24) is 0 Å². The van der Waals surface area contributed by atoms with Crippen molar-refractivity contribution >= 4 is 43.6 Å². The molecule has 0 N–H and O–H groups in total. The van der Waals surface area contributed by atoms with Crippen molar-refractivity contribution in [3.8, 4) is 0 Å². The number of hydrogen-bond donors (Lipinski definition) is 0. The molecule has 264 valence electrons. The summed E-state index contributed by atoms with van der Waals surface area (Å²) in [5.41, 5.74) is 0. The molecule has 17 nitrogen and oxygen atoms in total. The minimum absolute atomic E-state index is 0.114. The van der Waals surface area contributed by atoms with Crippen LogP contribution >= 0.6 is 7.82 Å². The number of methoxy groups -OCH3 is 1. The van der Waals surface area contributed by atoms with Crippen molar-refractivity contribution in [3.63, 3.8) is 0 Å². The molecule has 0 amide bonds. The quantitative estimate of drug-likeness (QED) is 0.0828. The highest BCUT2D eigenvalue weighted by atomic mass is 31.2. The average Bonchev–Trinajstić information content (AvgIpc) is 2.94. The number of phosphoric acid groups is 1. The lowest BCUT2D eigenvalue weighted by Gasteiger charge is -2.47. The molecular formula is C28H45O17P. The second-order valence-electron chi connectivity index (χ2n) is 10.2. The minimum Gasteiger partial charge on any atom is -0.465 e. The van der Waals surface area contributed by atoms with Crippen LogP contribution in [0.15, 0.2) is 0 Å². The lowest BCUT2D eigenvalue weighted by molar-refractivity contribution is -0.312. The van der Waals surface area contributed by atoms with E-state index in [9.17, 15) is 33.3 Å². The summed E-state index contributed by atoms with van der Waals surface area (Å²) in [6.45, 7) is 7.86. The fraction of sp³-hybridized carbons (Fsp3) is 0.786. The van der Waals surface area contributed by atoms with E-state index < -0.39 is 93.0 Å². The highest BCUT2D eigenvalue weighted by Gasteiger charge is 2.62. The van der Waals surface area contributed by atoms with Crippen LogP contribution in [-0.4, -0.2) is 99.1 Å². The third-order valence-corrected chi connectivity index (χ3v) is 7.63. The number of hydrogen-bond acceptors (Lipinski definition) is 17. The molecule has 1 fully saturated rings. The molecule has 0 unspecified atom stereocenters. The summed E-state index contributed by atoms with van der Waals surface area (Å²) >= 11 is 0. The first-order chi connectivity index (χ1) is 21.5. The van der Waals surface area contributed by atoms with Crippen LogP contribution in [-0.2, 0) is 80.1 Å². The zero-order valence-electron chi connectivity index (χ0n) is 27.4. The molecule has 1 aliphatic rings. The summed E-state index contributed by atoms with van der Waals surface area (Å²) in [6.07, 6.45) is -7.34. The summed E-state index contributed by atoms with van der Waals surface area (Å²) in [7, 11) is -3.72. The number of ether oxygens (including phenoxy) is 7. The summed E-state index contributed by atoms with van der Waals surface area (Å²) < 4.78 is 68.4. The minimum atomic E-state index is -4.68. The van der Waals surface area contributed by atoms with Crippen LogP contribution in [0.5, 0.6) is 0 Å². The second kappa shape index (κ2) is 19.5. The van der Waals surface area contributed by atoms with Gasteiger partial charge in [0.25, 0.3) is 5.79 Å². The molecule has 1 heterocycles. The van der Waals surface area contributed by atoms with Gasteiger partial charge in [-0.2, -0.15) is 0 Å². The number of phosphoric ester groups is 1. The first kappa shape index (κ1) is 40.9. The SMILES string of the molecule is CCCCOP(=O)(OCCCC)O[C@@]1(C(=O)OC)C[C@H](OC(C)=O)[C@@H](OC(C)=O)[C@H]([C@H](OC(C)=O)[C@@H](COC(C)=O)OC(C)=O)O1. The Kier molecular flexibility index (Phi) is 17.4. The maximum absolute atomic E-state index is 14.0. The second-order valence-corrected chi connectivity index (χ2v) is 11.8. The van der Waals surface area contributed by atoms with Crippen molar-refractivity contribution < 1.29 is 80.1 Å². The molecule has 18 heteroatoms. The number of carbonyl (C=O) groups excluding carboxylic acids is 6. The topological polar surface area (TPSA) is 212 Å². The van der Waals surface area contributed by atoms with Crippen LogP contribution < -0.4 is 0 Å². The van der Waals surface area contributed by atoms with Crippen molar-refractivity contribution in [2.24, 2.45) is 0 Å². The lowest BCUT2D eigenvalue weighted by Crippen LogP contribution is -2.66. The van der Waals surface area contributed by atoms with Crippen LogP contribution in [0, 0.1) is 0 Å². The van der Waals surface area contributed by atoms with Crippen LogP contribution in [0.25, 0.3) is 0 Å². The Morgan fingerprint density at radius 3 is 1.78 bits per heavy atom. The van der Waals surface area contributed by atoms with Gasteiger partial charge in [-0.3, -0.25) is 33.0 Å². The van der Waals surface area contributed by atoms with Gasteiger partial charge >= 0.3 is 43.6 Å². The van der Waals surface area contributed by atoms with E-state index >= 15 is 0 Å². The average molecular weight is 685 g/mol. The highest BCUT2D eigenvalue weighted by Crippen LogP contribution is 2.56. The van der Waals surface area contributed by atoms with E-state index in [0.29, 0.717) is 25.7 Å². The molecular weight excluding hydrogens is 639 g/mol. The van der Waals surface area contributed by atoms with Gasteiger partial charge in [0.1, 0.15) is 18.8 Å². The summed E-state index contributed by atoms with van der Waals surface area (Å²) in [5.74, 6) is -8.65. The summed E-state index contributed by atoms with van der Waals surface area (Å²) in [4.78, 5) is 74.2. The van der Waals surface area contributed by atoms with E-state index in [1.807, 2.05) is 13.8 Å². The van der Waals surface area contributed by atoms with Crippen molar-refractivity contribution in [1.29, 1.82) is 0 Å². The van der Waals surface area contributed by atoms with Crippen molar-refractivity contribution in [3.05, 3.63) is 0 Å². The largest absolute Gasteiger partial charge is 0.477 e. The normalized spacial score (nSPS) is 22.5. The Hall–Kier alpha value is -3.11. The Labute approximate surface area is 267 Å². The van der Waals surface area contributed by atoms with Gasteiger partial charge in [-0.15, -0.1) is 0 Å². The van der Waals surface area contributed by atoms with Crippen LogP contribution in [0.2, 0.25) is 0 Å². The van der Waals surface area contributed by atoms with Crippen LogP contribution in [0.3, 0.4) is 0 Å². The number of rotatable bonds is 19. The highest BCUT2D eigenvalue weighted by molar-refractivity contribution is 7.48. The third kappa shape index (κ3) is 13.3. The Balaban J connectivity index is 3.98. The summed E-state index contributed by atoms with van der Waals surface area (Å²) in [6, 6.07) is 0. The fourth-order valence-corrected chi connectivity index (χ4v) is 5.73. The maximum atomic E-state index is 14.0. The van der Waals surface area contributed by atoms with Gasteiger partial charge in [-0.25, -0.2) is 13.9 Å². The van der Waals surface area contributed by atoms with E-state index in [4.69, 9.17) is 46.7 Å². The van der Waals surface area contributed by atoms with Crippen molar-refractivity contribution in [2.45, 2.75) is 117 Å². The molecule has 1 saturated heterocycles. The molecule has 0 bridgehead atoms. The van der Waals surface area contributed by atoms with Gasteiger partial charge in [0, 0.05) is 34.6 Å². The Bertz CT molecular complexity index is 1100. The zero-order chi connectivity index (χ0) is 35.1. The van der Waals surface area contributed by atoms with E-state index in [0.717, 1.165) is 41.7 Å². The Morgan fingerprint density at radius 1 is 0.804 bits per heavy atom. The fourth-order valence-electron chi connectivity index (χ4n) is 4.29. The molecule has 0 aromatic rings. The first-order valence-electron chi connectivity index (χ1n) is 14.7. The molecule has 0 radical (unpaired) electrons. The van der Waals surface area contributed by atoms with Gasteiger partial charge in [0.2, 0.25) is 0 Å². The summed E-state index contributed by atoms with van der Waals surface area (Å²) in [5, 5.41) is 0. The molecule has 0 aliphatic carbocycles. The molecule has 6 atom stereocenters. The van der Waals surface area contributed by atoms with Gasteiger partial charge < -0.3 is 33.2 Å². The smallest absolute Gasteiger partial charge is 0.465 e. The molecule has 46 heavy (non-hydrogen) atoms. The van der Waals surface area contributed by atoms with E-state index in [2.05, 4.69) is 0 Å². The Morgan fingerprint density at radius 2 is 1.35 bits per heavy atom. The molecule has 0 saturated carbocycles. The first-order valence-corrected chi connectivity index (χ1v) is 16.2. The zero-order valence-corrected chi connectivity index (χ0v) is 28.3. The van der Waals surface area contributed by atoms with Crippen LogP contribution in [0.4, 0.5) is 0 Å². The predicted octanol–water partition coefficient (Wildman–Crippen LogP) is 2.69. The molecule has 0 aromatic heterocycles. The van der Waals surface area contributed by atoms with E-state index in [-0.39, 0.29) is 13.2 Å². The number of carbonyl (C=O) groups is 6. The van der Waals surface area contributed by atoms with Gasteiger partial charge in [0.15, 0.2) is 18.3 Å². The monoisotopic (exact) mass is 684 g/mol. The number of unbranched alkanes of at least 4 members (excludes halogenated alkanes) is 2. The van der Waals surface area contributed by atoms with Gasteiger partial charge in [0.05, 0.1) is 26.7 Å².